The lowest BCUT2D eigenvalue weighted by atomic mass is 10.1. The summed E-state index contributed by atoms with van der Waals surface area (Å²) in [6.07, 6.45) is 0.00914. The van der Waals surface area contributed by atoms with Crippen LogP contribution in [-0.4, -0.2) is 20.2 Å². The quantitative estimate of drug-likeness (QED) is 0.794. The summed E-state index contributed by atoms with van der Waals surface area (Å²) in [5.41, 5.74) is -0.258. The van der Waals surface area contributed by atoms with E-state index in [1.807, 2.05) is 0 Å². The van der Waals surface area contributed by atoms with E-state index in [9.17, 15) is 22.4 Å². The van der Waals surface area contributed by atoms with Crippen molar-refractivity contribution in [3.8, 4) is 0 Å². The summed E-state index contributed by atoms with van der Waals surface area (Å²) in [5.74, 6) is -2.51. The van der Waals surface area contributed by atoms with Gasteiger partial charge in [0, 0.05) is 12.3 Å². The zero-order valence-electron chi connectivity index (χ0n) is 9.96. The van der Waals surface area contributed by atoms with Crippen LogP contribution in [-0.2, 0) is 19.6 Å². The molecule has 1 aliphatic heterocycles. The van der Waals surface area contributed by atoms with E-state index >= 15 is 0 Å². The van der Waals surface area contributed by atoms with Crippen LogP contribution in [0.15, 0.2) is 23.1 Å². The molecule has 0 saturated carbocycles. The van der Waals surface area contributed by atoms with Gasteiger partial charge in [0.15, 0.2) is 0 Å². The largest absolute Gasteiger partial charge is 0.274 e. The zero-order valence-corrected chi connectivity index (χ0v) is 10.8. The molecule has 2 rings (SSSR count). The van der Waals surface area contributed by atoms with E-state index in [0.717, 1.165) is 17.0 Å². The molecule has 1 aromatic carbocycles. The van der Waals surface area contributed by atoms with Crippen LogP contribution in [0.3, 0.4) is 0 Å². The predicted octanol–water partition coefficient (Wildman–Crippen LogP) is 0.372. The molecule has 0 radical (unpaired) electrons. The Morgan fingerprint density at radius 3 is 2.42 bits per heavy atom. The van der Waals surface area contributed by atoms with Crippen LogP contribution < -0.4 is 10.0 Å². The summed E-state index contributed by atoms with van der Waals surface area (Å²) < 4.78 is 36.0. The molecule has 6 nitrogen and oxygen atoms in total. The second-order valence-electron chi connectivity index (χ2n) is 4.33. The summed E-state index contributed by atoms with van der Waals surface area (Å²) >= 11 is 0. The molecule has 1 heterocycles. The minimum Gasteiger partial charge on any atom is -0.274 e. The molecule has 1 unspecified atom stereocenters. The first-order chi connectivity index (χ1) is 8.71. The molecule has 0 spiro atoms. The maximum Gasteiger partial charge on any atom is 0.238 e. The number of primary sulfonamides is 1. The molecule has 19 heavy (non-hydrogen) atoms. The highest BCUT2D eigenvalue weighted by molar-refractivity contribution is 7.89. The molecular formula is C11H11FN2O4S. The molecule has 1 atom stereocenters. The minimum absolute atomic E-state index is 0.00914. The van der Waals surface area contributed by atoms with E-state index in [4.69, 9.17) is 5.14 Å². The lowest BCUT2D eigenvalue weighted by Crippen LogP contribution is -2.31. The number of hydrogen-bond acceptors (Lipinski definition) is 4. The maximum absolute atomic E-state index is 13.8. The van der Waals surface area contributed by atoms with Gasteiger partial charge in [0.2, 0.25) is 21.8 Å². The fourth-order valence-corrected chi connectivity index (χ4v) is 2.41. The van der Waals surface area contributed by atoms with Crippen LogP contribution in [0.5, 0.6) is 0 Å². The topological polar surface area (TPSA) is 97.5 Å². The van der Waals surface area contributed by atoms with Crippen LogP contribution in [0.2, 0.25) is 0 Å². The van der Waals surface area contributed by atoms with Crippen LogP contribution in [0, 0.1) is 11.7 Å². The lowest BCUT2D eigenvalue weighted by molar-refractivity contribution is -0.122. The highest BCUT2D eigenvalue weighted by Gasteiger charge is 2.38. The minimum atomic E-state index is -4.03. The first-order valence-electron chi connectivity index (χ1n) is 5.41. The average Bonchev–Trinajstić information content (AvgIpc) is 2.53. The average molecular weight is 286 g/mol. The smallest absolute Gasteiger partial charge is 0.238 e. The number of anilines is 1. The number of amides is 2. The lowest BCUT2D eigenvalue weighted by Gasteiger charge is -2.15. The third-order valence-corrected chi connectivity index (χ3v) is 3.77. The SMILES string of the molecule is CC1CC(=O)N(c2ccc(S(N)(=O)=O)cc2F)C1=O. The Morgan fingerprint density at radius 2 is 2.00 bits per heavy atom. The summed E-state index contributed by atoms with van der Waals surface area (Å²) in [4.78, 5) is 23.7. The summed E-state index contributed by atoms with van der Waals surface area (Å²) in [6, 6.07) is 2.80. The Bertz CT molecular complexity index is 671. The Labute approximate surface area is 109 Å². The van der Waals surface area contributed by atoms with E-state index in [2.05, 4.69) is 0 Å². The molecule has 102 valence electrons. The normalized spacial score (nSPS) is 20.2. The van der Waals surface area contributed by atoms with Gasteiger partial charge in [-0.3, -0.25) is 9.59 Å². The number of nitrogens with two attached hydrogens (primary N) is 1. The van der Waals surface area contributed by atoms with Gasteiger partial charge < -0.3 is 0 Å². The second kappa shape index (κ2) is 4.39. The molecule has 1 aromatic rings. The molecule has 2 N–H and O–H groups in total. The molecule has 0 aliphatic carbocycles. The van der Waals surface area contributed by atoms with Gasteiger partial charge in [0.1, 0.15) is 5.82 Å². The van der Waals surface area contributed by atoms with Gasteiger partial charge in [-0.05, 0) is 18.2 Å². The number of hydrogen-bond donors (Lipinski definition) is 1. The van der Waals surface area contributed by atoms with Crippen LogP contribution in [0.25, 0.3) is 0 Å². The summed E-state index contributed by atoms with van der Waals surface area (Å²) in [6.45, 7) is 1.57. The first-order valence-corrected chi connectivity index (χ1v) is 6.95. The van der Waals surface area contributed by atoms with E-state index in [1.54, 1.807) is 6.92 Å². The van der Waals surface area contributed by atoms with E-state index in [1.165, 1.54) is 0 Å². The number of halogens is 1. The number of carbonyl (C=O) groups is 2. The van der Waals surface area contributed by atoms with Crippen molar-refractivity contribution < 1.29 is 22.4 Å². The van der Waals surface area contributed by atoms with Gasteiger partial charge >= 0.3 is 0 Å². The van der Waals surface area contributed by atoms with Gasteiger partial charge in [-0.1, -0.05) is 6.92 Å². The van der Waals surface area contributed by atoms with Gasteiger partial charge in [0.05, 0.1) is 10.6 Å². The van der Waals surface area contributed by atoms with Crippen molar-refractivity contribution in [3.63, 3.8) is 0 Å². The Morgan fingerprint density at radius 1 is 1.37 bits per heavy atom. The summed E-state index contributed by atoms with van der Waals surface area (Å²) in [7, 11) is -4.03. The Balaban J connectivity index is 2.48. The molecule has 1 saturated heterocycles. The molecule has 8 heteroatoms. The number of sulfonamides is 1. The van der Waals surface area contributed by atoms with Gasteiger partial charge in [-0.25, -0.2) is 22.8 Å². The first kappa shape index (κ1) is 13.6. The highest BCUT2D eigenvalue weighted by Crippen LogP contribution is 2.29. The molecule has 2 amide bonds. The van der Waals surface area contributed by atoms with Crippen LogP contribution >= 0.6 is 0 Å². The number of carbonyl (C=O) groups excluding carboxylic acids is 2. The predicted molar refractivity (Wildman–Crippen MR) is 64.0 cm³/mol. The van der Waals surface area contributed by atoms with E-state index < -0.39 is 38.5 Å². The summed E-state index contributed by atoms with van der Waals surface area (Å²) in [5, 5.41) is 4.86. The number of rotatable bonds is 2. The molecule has 1 fully saturated rings. The third-order valence-electron chi connectivity index (χ3n) is 2.86. The third kappa shape index (κ3) is 2.36. The van der Waals surface area contributed by atoms with Crippen molar-refractivity contribution >= 4 is 27.5 Å². The fourth-order valence-electron chi connectivity index (χ4n) is 1.88. The van der Waals surface area contributed by atoms with E-state index in [-0.39, 0.29) is 12.1 Å². The molecular weight excluding hydrogens is 275 g/mol. The maximum atomic E-state index is 13.8. The van der Waals surface area contributed by atoms with Crippen molar-refractivity contribution in [1.29, 1.82) is 0 Å². The Kier molecular flexibility index (Phi) is 3.15. The van der Waals surface area contributed by atoms with Crippen molar-refractivity contribution in [3.05, 3.63) is 24.0 Å². The monoisotopic (exact) mass is 286 g/mol. The van der Waals surface area contributed by atoms with Crippen LogP contribution in [0.1, 0.15) is 13.3 Å². The number of nitrogens with zero attached hydrogens (tertiary/aromatic N) is 1. The molecule has 1 aliphatic rings. The van der Waals surface area contributed by atoms with Gasteiger partial charge in [0.25, 0.3) is 0 Å². The number of imide groups is 1. The van der Waals surface area contributed by atoms with Gasteiger partial charge in [-0.2, -0.15) is 0 Å². The standard InChI is InChI=1S/C11H11FN2O4S/c1-6-4-10(15)14(11(6)16)9-3-2-7(5-8(9)12)19(13,17)18/h2-3,5-6H,4H2,1H3,(H2,13,17,18). The molecule has 0 aromatic heterocycles. The van der Waals surface area contributed by atoms with Gasteiger partial charge in [-0.15, -0.1) is 0 Å². The van der Waals surface area contributed by atoms with Crippen molar-refractivity contribution in [1.82, 2.24) is 0 Å². The zero-order chi connectivity index (χ0) is 14.4. The van der Waals surface area contributed by atoms with Crippen molar-refractivity contribution in [2.24, 2.45) is 11.1 Å². The number of benzene rings is 1. The molecule has 0 bridgehead atoms. The fraction of sp³-hybridized carbons (Fsp3) is 0.273. The van der Waals surface area contributed by atoms with E-state index in [0.29, 0.717) is 6.07 Å². The van der Waals surface area contributed by atoms with Crippen LogP contribution in [0.4, 0.5) is 10.1 Å². The van der Waals surface area contributed by atoms with Crippen molar-refractivity contribution in [2.45, 2.75) is 18.2 Å². The second-order valence-corrected chi connectivity index (χ2v) is 5.89. The highest BCUT2D eigenvalue weighted by atomic mass is 32.2. The van der Waals surface area contributed by atoms with Crippen molar-refractivity contribution in [2.75, 3.05) is 4.90 Å². The Hall–Kier alpha value is -1.80.